The van der Waals surface area contributed by atoms with E-state index in [2.05, 4.69) is 15.2 Å². The number of pyridine rings is 1. The lowest BCUT2D eigenvalue weighted by molar-refractivity contribution is -0.122. The molecule has 8 heteroatoms. The van der Waals surface area contributed by atoms with Gasteiger partial charge in [-0.15, -0.1) is 16.4 Å². The lowest BCUT2D eigenvalue weighted by Gasteiger charge is -2.12. The van der Waals surface area contributed by atoms with E-state index in [1.807, 2.05) is 35.7 Å². The Balaban J connectivity index is 1.62. The summed E-state index contributed by atoms with van der Waals surface area (Å²) in [4.78, 5) is 20.1. The zero-order chi connectivity index (χ0) is 18.5. The van der Waals surface area contributed by atoms with Crippen LogP contribution in [-0.4, -0.2) is 27.2 Å². The number of amidine groups is 1. The molecule has 1 amide bonds. The minimum atomic E-state index is -0.134. The molecule has 6 nitrogen and oxygen atoms in total. The quantitative estimate of drug-likeness (QED) is 0.369. The Hall–Kier alpha value is -2.97. The highest BCUT2D eigenvalue weighted by Gasteiger charge is 2.34. The molecule has 0 spiro atoms. The van der Waals surface area contributed by atoms with Crippen LogP contribution in [0.5, 0.6) is 0 Å². The van der Waals surface area contributed by atoms with Crippen molar-refractivity contribution >= 4 is 46.5 Å². The third-order valence-corrected chi connectivity index (χ3v) is 5.44. The van der Waals surface area contributed by atoms with E-state index in [-0.39, 0.29) is 5.91 Å². The smallest absolute Gasteiger partial charge is 0.267 e. The fourth-order valence-corrected chi connectivity index (χ4v) is 3.91. The first-order valence-corrected chi connectivity index (χ1v) is 9.77. The van der Waals surface area contributed by atoms with Gasteiger partial charge < -0.3 is 4.42 Å². The SMILES string of the molecule is O=C1/C(=C/c2cccnc2)S/C(=N/N=C\c2cccs2)N1Cc1ccco1. The zero-order valence-electron chi connectivity index (χ0n) is 14.1. The Bertz CT molecular complexity index is 994. The topological polar surface area (TPSA) is 71.1 Å². The van der Waals surface area contributed by atoms with Crippen LogP contribution < -0.4 is 0 Å². The molecular weight excluding hydrogens is 380 g/mol. The maximum atomic E-state index is 12.9. The number of thioether (sulfide) groups is 1. The molecular formula is C19H14N4O2S2. The predicted molar refractivity (Wildman–Crippen MR) is 108 cm³/mol. The van der Waals surface area contributed by atoms with Gasteiger partial charge in [-0.2, -0.15) is 5.10 Å². The normalized spacial score (nSPS) is 17.6. The number of aromatic nitrogens is 1. The Morgan fingerprint density at radius 3 is 2.93 bits per heavy atom. The molecule has 0 bridgehead atoms. The first-order chi connectivity index (χ1) is 13.3. The van der Waals surface area contributed by atoms with E-state index in [1.165, 1.54) is 11.8 Å². The van der Waals surface area contributed by atoms with Gasteiger partial charge in [0, 0.05) is 17.3 Å². The van der Waals surface area contributed by atoms with E-state index in [0.29, 0.717) is 22.4 Å². The molecule has 0 atom stereocenters. The summed E-state index contributed by atoms with van der Waals surface area (Å²) in [5.41, 5.74) is 0.856. The third kappa shape index (κ3) is 4.24. The minimum absolute atomic E-state index is 0.134. The first kappa shape index (κ1) is 17.4. The Labute approximate surface area is 163 Å². The van der Waals surface area contributed by atoms with Crippen LogP contribution >= 0.6 is 23.1 Å². The van der Waals surface area contributed by atoms with Crippen LogP contribution in [0.3, 0.4) is 0 Å². The number of hydrogen-bond acceptors (Lipinski definition) is 7. The number of thiophene rings is 1. The standard InChI is InChI=1S/C19H14N4O2S2/c24-18-17(10-14-4-1-7-20-11-14)27-19(22-21-12-16-6-3-9-26-16)23(18)13-15-5-2-8-25-15/h1-12H,13H2/b17-10-,21-12-,22-19+. The van der Waals surface area contributed by atoms with E-state index in [0.717, 1.165) is 10.4 Å². The van der Waals surface area contributed by atoms with Crippen LogP contribution in [0, 0.1) is 0 Å². The molecule has 0 saturated carbocycles. The zero-order valence-corrected chi connectivity index (χ0v) is 15.7. The van der Waals surface area contributed by atoms with Crippen molar-refractivity contribution in [2.75, 3.05) is 0 Å². The Morgan fingerprint density at radius 1 is 1.22 bits per heavy atom. The van der Waals surface area contributed by atoms with Gasteiger partial charge in [-0.05, 0) is 53.0 Å². The molecule has 1 aliphatic rings. The van der Waals surface area contributed by atoms with Gasteiger partial charge in [0.2, 0.25) is 0 Å². The monoisotopic (exact) mass is 394 g/mol. The van der Waals surface area contributed by atoms with Crippen LogP contribution in [0.2, 0.25) is 0 Å². The number of furan rings is 1. The largest absolute Gasteiger partial charge is 0.467 e. The molecule has 0 N–H and O–H groups in total. The van der Waals surface area contributed by atoms with Crippen molar-refractivity contribution in [2.24, 2.45) is 10.2 Å². The molecule has 1 fully saturated rings. The van der Waals surface area contributed by atoms with Crippen molar-refractivity contribution < 1.29 is 9.21 Å². The summed E-state index contributed by atoms with van der Waals surface area (Å²) in [7, 11) is 0. The molecule has 0 aromatic carbocycles. The molecule has 134 valence electrons. The Kier molecular flexibility index (Phi) is 5.27. The lowest BCUT2D eigenvalue weighted by atomic mass is 10.2. The van der Waals surface area contributed by atoms with Crippen molar-refractivity contribution in [3.63, 3.8) is 0 Å². The van der Waals surface area contributed by atoms with Crippen molar-refractivity contribution in [1.82, 2.24) is 9.88 Å². The molecule has 0 radical (unpaired) electrons. The summed E-state index contributed by atoms with van der Waals surface area (Å²) in [6, 6.07) is 11.3. The summed E-state index contributed by atoms with van der Waals surface area (Å²) in [6.45, 7) is 0.302. The highest BCUT2D eigenvalue weighted by Crippen LogP contribution is 2.33. The molecule has 4 heterocycles. The van der Waals surface area contributed by atoms with Crippen molar-refractivity contribution in [3.05, 3.63) is 81.5 Å². The summed E-state index contributed by atoms with van der Waals surface area (Å²) in [5, 5.41) is 10.9. The Morgan fingerprint density at radius 2 is 2.19 bits per heavy atom. The molecule has 27 heavy (non-hydrogen) atoms. The number of carbonyl (C=O) groups is 1. The number of amides is 1. The number of rotatable bonds is 5. The second-order valence-electron chi connectivity index (χ2n) is 5.51. The van der Waals surface area contributed by atoms with E-state index in [1.54, 1.807) is 53.3 Å². The average Bonchev–Trinajstić information content (AvgIpc) is 3.43. The third-order valence-electron chi connectivity index (χ3n) is 3.64. The van der Waals surface area contributed by atoms with Gasteiger partial charge in [-0.1, -0.05) is 12.1 Å². The van der Waals surface area contributed by atoms with Crippen LogP contribution in [0.15, 0.2) is 80.0 Å². The van der Waals surface area contributed by atoms with E-state index >= 15 is 0 Å². The average molecular weight is 394 g/mol. The van der Waals surface area contributed by atoms with Crippen LogP contribution in [0.4, 0.5) is 0 Å². The fraction of sp³-hybridized carbons (Fsp3) is 0.0526. The summed E-state index contributed by atoms with van der Waals surface area (Å²) >= 11 is 2.86. The van der Waals surface area contributed by atoms with Crippen LogP contribution in [-0.2, 0) is 11.3 Å². The van der Waals surface area contributed by atoms with E-state index in [9.17, 15) is 4.79 Å². The van der Waals surface area contributed by atoms with Gasteiger partial charge >= 0.3 is 0 Å². The van der Waals surface area contributed by atoms with Gasteiger partial charge in [0.25, 0.3) is 5.91 Å². The van der Waals surface area contributed by atoms with Gasteiger partial charge in [0.15, 0.2) is 5.17 Å². The van der Waals surface area contributed by atoms with E-state index in [4.69, 9.17) is 4.42 Å². The predicted octanol–water partition coefficient (Wildman–Crippen LogP) is 4.24. The molecule has 0 aliphatic carbocycles. The second-order valence-corrected chi connectivity index (χ2v) is 7.50. The molecule has 1 aliphatic heterocycles. The molecule has 3 aromatic rings. The van der Waals surface area contributed by atoms with Gasteiger partial charge in [0.05, 0.1) is 23.9 Å². The number of carbonyl (C=O) groups excluding carboxylic acids is 1. The summed E-state index contributed by atoms with van der Waals surface area (Å²) < 4.78 is 5.38. The lowest BCUT2D eigenvalue weighted by Crippen LogP contribution is -2.28. The molecule has 3 aromatic heterocycles. The van der Waals surface area contributed by atoms with Gasteiger partial charge in [-0.25, -0.2) is 0 Å². The summed E-state index contributed by atoms with van der Waals surface area (Å²) in [6.07, 6.45) is 8.47. The number of nitrogens with zero attached hydrogens (tertiary/aromatic N) is 4. The van der Waals surface area contributed by atoms with Crippen LogP contribution in [0.25, 0.3) is 6.08 Å². The molecule has 1 saturated heterocycles. The van der Waals surface area contributed by atoms with E-state index < -0.39 is 0 Å². The van der Waals surface area contributed by atoms with Gasteiger partial charge in [-0.3, -0.25) is 14.7 Å². The number of hydrogen-bond donors (Lipinski definition) is 0. The maximum Gasteiger partial charge on any atom is 0.267 e. The first-order valence-electron chi connectivity index (χ1n) is 8.08. The second kappa shape index (κ2) is 8.15. The molecule has 4 rings (SSSR count). The maximum absolute atomic E-state index is 12.9. The van der Waals surface area contributed by atoms with Crippen molar-refractivity contribution in [1.29, 1.82) is 0 Å². The van der Waals surface area contributed by atoms with Crippen molar-refractivity contribution in [2.45, 2.75) is 6.54 Å². The highest BCUT2D eigenvalue weighted by molar-refractivity contribution is 8.18. The fourth-order valence-electron chi connectivity index (χ4n) is 2.39. The van der Waals surface area contributed by atoms with Crippen LogP contribution in [0.1, 0.15) is 16.2 Å². The van der Waals surface area contributed by atoms with Crippen molar-refractivity contribution in [3.8, 4) is 0 Å². The molecule has 0 unspecified atom stereocenters. The highest BCUT2D eigenvalue weighted by atomic mass is 32.2. The minimum Gasteiger partial charge on any atom is -0.467 e. The summed E-state index contributed by atoms with van der Waals surface area (Å²) in [5.74, 6) is 0.548. The van der Waals surface area contributed by atoms with Gasteiger partial charge in [0.1, 0.15) is 5.76 Å².